The van der Waals surface area contributed by atoms with Gasteiger partial charge in [-0.05, 0) is 62.1 Å². The van der Waals surface area contributed by atoms with Crippen LogP contribution in [0.4, 0.5) is 0 Å². The van der Waals surface area contributed by atoms with Crippen LogP contribution >= 0.6 is 0 Å². The first-order valence-corrected chi connectivity index (χ1v) is 7.82. The van der Waals surface area contributed by atoms with E-state index in [1.165, 1.54) is 11.1 Å². The molecule has 0 aromatic heterocycles. The monoisotopic (exact) mass is 275 g/mol. The second kappa shape index (κ2) is 5.38. The molecule has 20 heavy (non-hydrogen) atoms. The highest BCUT2D eigenvalue weighted by atomic mass is 16.3. The van der Waals surface area contributed by atoms with Crippen LogP contribution in [0.25, 0.3) is 0 Å². The summed E-state index contributed by atoms with van der Waals surface area (Å²) < 4.78 is 0. The van der Waals surface area contributed by atoms with Gasteiger partial charge >= 0.3 is 0 Å². The molecule has 110 valence electrons. The highest BCUT2D eigenvalue weighted by Gasteiger charge is 2.33. The van der Waals surface area contributed by atoms with Crippen LogP contribution in [0, 0.1) is 6.92 Å². The van der Waals surface area contributed by atoms with Crippen molar-refractivity contribution in [2.75, 3.05) is 0 Å². The van der Waals surface area contributed by atoms with Gasteiger partial charge < -0.3 is 15.5 Å². The van der Waals surface area contributed by atoms with Gasteiger partial charge in [0.1, 0.15) is 5.75 Å². The molecule has 0 heterocycles. The molecule has 3 nitrogen and oxygen atoms in total. The molecule has 3 rings (SSSR count). The first-order chi connectivity index (χ1) is 9.56. The minimum Gasteiger partial charge on any atom is -0.508 e. The SMILES string of the molecule is Cc1ccc(O)c2c1C(C)CC2NC1CCC(O)CC1. The standard InChI is InChI=1S/C17H25NO2/c1-10-3-8-15(20)17-14(9-11(2)16(10)17)18-12-4-6-13(19)7-5-12/h3,8,11-14,18-20H,4-7,9H2,1-2H3. The molecule has 0 spiro atoms. The third-order valence-electron chi connectivity index (χ3n) is 5.05. The smallest absolute Gasteiger partial charge is 0.120 e. The lowest BCUT2D eigenvalue weighted by molar-refractivity contribution is 0.114. The number of benzene rings is 1. The summed E-state index contributed by atoms with van der Waals surface area (Å²) in [7, 11) is 0. The summed E-state index contributed by atoms with van der Waals surface area (Å²) in [4.78, 5) is 0. The molecule has 2 unspecified atom stereocenters. The number of aliphatic hydroxyl groups excluding tert-OH is 1. The highest BCUT2D eigenvalue weighted by Crippen LogP contribution is 2.46. The van der Waals surface area contributed by atoms with Crippen molar-refractivity contribution in [2.45, 2.75) is 70.1 Å². The van der Waals surface area contributed by atoms with E-state index in [1.807, 2.05) is 12.1 Å². The van der Waals surface area contributed by atoms with Crippen molar-refractivity contribution in [3.05, 3.63) is 28.8 Å². The zero-order valence-electron chi connectivity index (χ0n) is 12.4. The number of phenolic OH excluding ortho intramolecular Hbond substituents is 1. The number of aromatic hydroxyl groups is 1. The Morgan fingerprint density at radius 1 is 1.10 bits per heavy atom. The van der Waals surface area contributed by atoms with Crippen molar-refractivity contribution >= 4 is 0 Å². The van der Waals surface area contributed by atoms with E-state index in [1.54, 1.807) is 0 Å². The fraction of sp³-hybridized carbons (Fsp3) is 0.647. The Balaban J connectivity index is 1.79. The molecule has 0 amide bonds. The van der Waals surface area contributed by atoms with E-state index in [-0.39, 0.29) is 12.1 Å². The maximum Gasteiger partial charge on any atom is 0.120 e. The molecule has 0 radical (unpaired) electrons. The number of rotatable bonds is 2. The molecule has 1 aromatic rings. The van der Waals surface area contributed by atoms with Crippen molar-refractivity contribution in [3.8, 4) is 5.75 Å². The molecule has 3 heteroatoms. The number of aliphatic hydroxyl groups is 1. The van der Waals surface area contributed by atoms with E-state index < -0.39 is 0 Å². The van der Waals surface area contributed by atoms with Crippen molar-refractivity contribution in [1.29, 1.82) is 0 Å². The number of hydrogen-bond donors (Lipinski definition) is 3. The summed E-state index contributed by atoms with van der Waals surface area (Å²) in [5.74, 6) is 0.937. The van der Waals surface area contributed by atoms with Gasteiger partial charge in [-0.25, -0.2) is 0 Å². The first-order valence-electron chi connectivity index (χ1n) is 7.82. The summed E-state index contributed by atoms with van der Waals surface area (Å²) in [6.45, 7) is 4.38. The molecular formula is C17H25NO2. The number of phenols is 1. The Labute approximate surface area is 121 Å². The molecule has 2 aliphatic rings. The van der Waals surface area contributed by atoms with Gasteiger partial charge in [0.05, 0.1) is 6.10 Å². The molecule has 0 bridgehead atoms. The first kappa shape index (κ1) is 13.9. The van der Waals surface area contributed by atoms with Crippen molar-refractivity contribution < 1.29 is 10.2 Å². The summed E-state index contributed by atoms with van der Waals surface area (Å²) in [5.41, 5.74) is 3.73. The fourth-order valence-electron chi connectivity index (χ4n) is 4.02. The van der Waals surface area contributed by atoms with E-state index in [0.717, 1.165) is 37.7 Å². The Bertz CT molecular complexity index is 492. The van der Waals surface area contributed by atoms with Crippen LogP contribution in [0.15, 0.2) is 12.1 Å². The highest BCUT2D eigenvalue weighted by molar-refractivity contribution is 5.50. The number of nitrogens with one attached hydrogen (secondary N) is 1. The summed E-state index contributed by atoms with van der Waals surface area (Å²) in [6, 6.07) is 4.58. The summed E-state index contributed by atoms with van der Waals surface area (Å²) in [6.07, 6.45) is 4.81. The third-order valence-corrected chi connectivity index (χ3v) is 5.05. The van der Waals surface area contributed by atoms with Gasteiger partial charge in [-0.1, -0.05) is 13.0 Å². The molecule has 2 atom stereocenters. The predicted molar refractivity (Wildman–Crippen MR) is 80.0 cm³/mol. The summed E-state index contributed by atoms with van der Waals surface area (Å²) in [5, 5.41) is 23.6. The van der Waals surface area contributed by atoms with E-state index in [4.69, 9.17) is 0 Å². The molecule has 2 aliphatic carbocycles. The Hall–Kier alpha value is -1.06. The van der Waals surface area contributed by atoms with Crippen LogP contribution < -0.4 is 5.32 Å². The van der Waals surface area contributed by atoms with Gasteiger partial charge in [0.25, 0.3) is 0 Å². The van der Waals surface area contributed by atoms with Gasteiger partial charge in [-0.2, -0.15) is 0 Å². The van der Waals surface area contributed by atoms with Crippen molar-refractivity contribution in [1.82, 2.24) is 5.32 Å². The molecule has 1 saturated carbocycles. The van der Waals surface area contributed by atoms with Crippen LogP contribution in [0.2, 0.25) is 0 Å². The third kappa shape index (κ3) is 2.45. The second-order valence-electron chi connectivity index (χ2n) is 6.59. The van der Waals surface area contributed by atoms with Gasteiger partial charge in [0.15, 0.2) is 0 Å². The largest absolute Gasteiger partial charge is 0.508 e. The van der Waals surface area contributed by atoms with E-state index in [0.29, 0.717) is 17.7 Å². The van der Waals surface area contributed by atoms with Crippen molar-refractivity contribution in [2.24, 2.45) is 0 Å². The number of fused-ring (bicyclic) bond motifs is 1. The minimum absolute atomic E-state index is 0.113. The van der Waals surface area contributed by atoms with Gasteiger partial charge in [-0.15, -0.1) is 0 Å². The Morgan fingerprint density at radius 3 is 2.50 bits per heavy atom. The second-order valence-corrected chi connectivity index (χ2v) is 6.59. The van der Waals surface area contributed by atoms with Crippen LogP contribution in [0.5, 0.6) is 5.75 Å². The van der Waals surface area contributed by atoms with Gasteiger partial charge in [-0.3, -0.25) is 0 Å². The zero-order valence-corrected chi connectivity index (χ0v) is 12.4. The lowest BCUT2D eigenvalue weighted by Gasteiger charge is -2.29. The molecule has 1 fully saturated rings. The average molecular weight is 275 g/mol. The number of hydrogen-bond acceptors (Lipinski definition) is 3. The van der Waals surface area contributed by atoms with Gasteiger partial charge in [0, 0.05) is 17.6 Å². The zero-order chi connectivity index (χ0) is 14.3. The fourth-order valence-corrected chi connectivity index (χ4v) is 4.02. The molecular weight excluding hydrogens is 250 g/mol. The Morgan fingerprint density at radius 2 is 1.80 bits per heavy atom. The maximum atomic E-state index is 10.2. The lowest BCUT2D eigenvalue weighted by Crippen LogP contribution is -2.36. The topological polar surface area (TPSA) is 52.5 Å². The van der Waals surface area contributed by atoms with Crippen molar-refractivity contribution in [3.63, 3.8) is 0 Å². The van der Waals surface area contributed by atoms with Crippen LogP contribution in [-0.2, 0) is 0 Å². The molecule has 3 N–H and O–H groups in total. The van der Waals surface area contributed by atoms with E-state index in [9.17, 15) is 10.2 Å². The van der Waals surface area contributed by atoms with Crippen LogP contribution in [-0.4, -0.2) is 22.4 Å². The van der Waals surface area contributed by atoms with Crippen LogP contribution in [0.3, 0.4) is 0 Å². The van der Waals surface area contributed by atoms with Crippen LogP contribution in [0.1, 0.15) is 67.7 Å². The average Bonchev–Trinajstić information content (AvgIpc) is 2.75. The quantitative estimate of drug-likeness (QED) is 0.777. The van der Waals surface area contributed by atoms with Gasteiger partial charge in [0.2, 0.25) is 0 Å². The molecule has 1 aromatic carbocycles. The molecule has 0 saturated heterocycles. The Kier molecular flexibility index (Phi) is 3.74. The minimum atomic E-state index is -0.113. The predicted octanol–water partition coefficient (Wildman–Crippen LogP) is 3.14. The maximum absolute atomic E-state index is 10.2. The number of aryl methyl sites for hydroxylation is 1. The van der Waals surface area contributed by atoms with E-state index >= 15 is 0 Å². The lowest BCUT2D eigenvalue weighted by atomic mass is 9.92. The summed E-state index contributed by atoms with van der Waals surface area (Å²) >= 11 is 0. The van der Waals surface area contributed by atoms with E-state index in [2.05, 4.69) is 19.2 Å². The normalized spacial score (nSPS) is 33.1. The molecule has 0 aliphatic heterocycles.